The van der Waals surface area contributed by atoms with E-state index in [4.69, 9.17) is 9.84 Å². The maximum atomic E-state index is 10.7. The minimum atomic E-state index is -0.949. The summed E-state index contributed by atoms with van der Waals surface area (Å²) in [6.07, 6.45) is 0. The van der Waals surface area contributed by atoms with E-state index in [1.807, 2.05) is 13.8 Å². The SMILES string of the molecule is C=C(C)COc1cc(C(=O)O)ccc1C. The first-order valence-corrected chi connectivity index (χ1v) is 4.62. The van der Waals surface area contributed by atoms with Crippen molar-refractivity contribution in [2.24, 2.45) is 0 Å². The van der Waals surface area contributed by atoms with Gasteiger partial charge in [0.1, 0.15) is 12.4 Å². The maximum absolute atomic E-state index is 10.7. The normalized spacial score (nSPS) is 9.73. The summed E-state index contributed by atoms with van der Waals surface area (Å²) in [6.45, 7) is 7.85. The number of carbonyl (C=O) groups is 1. The molecular weight excluding hydrogens is 192 g/mol. The summed E-state index contributed by atoms with van der Waals surface area (Å²) in [4.78, 5) is 10.7. The van der Waals surface area contributed by atoms with Crippen LogP contribution < -0.4 is 4.74 Å². The van der Waals surface area contributed by atoms with Crippen LogP contribution in [0.25, 0.3) is 0 Å². The zero-order valence-electron chi connectivity index (χ0n) is 8.91. The fourth-order valence-corrected chi connectivity index (χ4v) is 1.09. The highest BCUT2D eigenvalue weighted by Gasteiger charge is 2.06. The van der Waals surface area contributed by atoms with E-state index in [9.17, 15) is 4.79 Å². The van der Waals surface area contributed by atoms with Crippen molar-refractivity contribution in [2.75, 3.05) is 6.61 Å². The van der Waals surface area contributed by atoms with Crippen LogP contribution in [0.4, 0.5) is 0 Å². The van der Waals surface area contributed by atoms with Crippen LogP contribution >= 0.6 is 0 Å². The number of benzene rings is 1. The molecule has 0 aliphatic heterocycles. The number of carboxylic acids is 1. The molecule has 0 radical (unpaired) electrons. The number of hydrogen-bond acceptors (Lipinski definition) is 2. The Bertz CT molecular complexity index is 394. The van der Waals surface area contributed by atoms with Crippen LogP contribution in [0.3, 0.4) is 0 Å². The molecule has 15 heavy (non-hydrogen) atoms. The molecule has 0 aliphatic carbocycles. The van der Waals surface area contributed by atoms with Gasteiger partial charge in [0.2, 0.25) is 0 Å². The Morgan fingerprint density at radius 2 is 2.20 bits per heavy atom. The summed E-state index contributed by atoms with van der Waals surface area (Å²) in [5.74, 6) is -0.354. The molecule has 0 atom stereocenters. The second-order valence-corrected chi connectivity index (χ2v) is 3.53. The van der Waals surface area contributed by atoms with Gasteiger partial charge in [0, 0.05) is 0 Å². The van der Waals surface area contributed by atoms with Crippen LogP contribution in [-0.2, 0) is 0 Å². The molecule has 1 aromatic rings. The highest BCUT2D eigenvalue weighted by Crippen LogP contribution is 2.20. The van der Waals surface area contributed by atoms with Gasteiger partial charge in [-0.2, -0.15) is 0 Å². The molecule has 0 fully saturated rings. The lowest BCUT2D eigenvalue weighted by molar-refractivity contribution is 0.0696. The molecule has 0 amide bonds. The summed E-state index contributed by atoms with van der Waals surface area (Å²) in [6, 6.07) is 4.82. The standard InChI is InChI=1S/C12H14O3/c1-8(2)7-15-11-6-10(12(13)14)5-4-9(11)3/h4-6H,1,7H2,2-3H3,(H,13,14). The van der Waals surface area contributed by atoms with E-state index in [0.717, 1.165) is 11.1 Å². The van der Waals surface area contributed by atoms with Gasteiger partial charge in [0.05, 0.1) is 5.56 Å². The van der Waals surface area contributed by atoms with Crippen LogP contribution in [0.15, 0.2) is 30.4 Å². The third-order valence-corrected chi connectivity index (χ3v) is 1.91. The number of aromatic carboxylic acids is 1. The largest absolute Gasteiger partial charge is 0.489 e. The zero-order valence-corrected chi connectivity index (χ0v) is 8.91. The van der Waals surface area contributed by atoms with Crippen molar-refractivity contribution < 1.29 is 14.6 Å². The van der Waals surface area contributed by atoms with Gasteiger partial charge in [0.15, 0.2) is 0 Å². The van der Waals surface area contributed by atoms with Gasteiger partial charge in [-0.05, 0) is 37.1 Å². The number of rotatable bonds is 4. The van der Waals surface area contributed by atoms with Gasteiger partial charge >= 0.3 is 5.97 Å². The number of hydrogen-bond donors (Lipinski definition) is 1. The van der Waals surface area contributed by atoms with Crippen molar-refractivity contribution in [3.63, 3.8) is 0 Å². The topological polar surface area (TPSA) is 46.5 Å². The highest BCUT2D eigenvalue weighted by molar-refractivity contribution is 5.88. The summed E-state index contributed by atoms with van der Waals surface area (Å²) < 4.78 is 5.43. The maximum Gasteiger partial charge on any atom is 0.335 e. The molecule has 1 aromatic carbocycles. The quantitative estimate of drug-likeness (QED) is 0.770. The van der Waals surface area contributed by atoms with Crippen molar-refractivity contribution >= 4 is 5.97 Å². The Balaban J connectivity index is 2.90. The Hall–Kier alpha value is -1.77. The van der Waals surface area contributed by atoms with E-state index in [0.29, 0.717) is 12.4 Å². The fourth-order valence-electron chi connectivity index (χ4n) is 1.09. The van der Waals surface area contributed by atoms with E-state index in [2.05, 4.69) is 6.58 Å². The smallest absolute Gasteiger partial charge is 0.335 e. The van der Waals surface area contributed by atoms with Crippen molar-refractivity contribution in [3.8, 4) is 5.75 Å². The second-order valence-electron chi connectivity index (χ2n) is 3.53. The first-order chi connectivity index (χ1) is 7.00. The van der Waals surface area contributed by atoms with Gasteiger partial charge in [0.25, 0.3) is 0 Å². The Morgan fingerprint density at radius 3 is 2.73 bits per heavy atom. The Morgan fingerprint density at radius 1 is 1.53 bits per heavy atom. The number of carboxylic acid groups (broad SMARTS) is 1. The predicted molar refractivity (Wildman–Crippen MR) is 58.4 cm³/mol. The molecule has 0 saturated heterocycles. The van der Waals surface area contributed by atoms with Crippen molar-refractivity contribution in [2.45, 2.75) is 13.8 Å². The van der Waals surface area contributed by atoms with Gasteiger partial charge in [-0.1, -0.05) is 12.6 Å². The molecule has 0 unspecified atom stereocenters. The van der Waals surface area contributed by atoms with Crippen LogP contribution in [-0.4, -0.2) is 17.7 Å². The predicted octanol–water partition coefficient (Wildman–Crippen LogP) is 2.65. The monoisotopic (exact) mass is 206 g/mol. The van der Waals surface area contributed by atoms with E-state index in [1.54, 1.807) is 12.1 Å². The number of ether oxygens (including phenoxy) is 1. The molecule has 80 valence electrons. The molecular formula is C12H14O3. The highest BCUT2D eigenvalue weighted by atomic mass is 16.5. The molecule has 1 N–H and O–H groups in total. The molecule has 0 heterocycles. The second kappa shape index (κ2) is 4.64. The summed E-state index contributed by atoms with van der Waals surface area (Å²) in [5, 5.41) is 8.80. The third kappa shape index (κ3) is 3.13. The Kier molecular flexibility index (Phi) is 3.50. The van der Waals surface area contributed by atoms with Crippen LogP contribution in [0.5, 0.6) is 5.75 Å². The number of aryl methyl sites for hydroxylation is 1. The lowest BCUT2D eigenvalue weighted by Gasteiger charge is -2.09. The molecule has 3 heteroatoms. The summed E-state index contributed by atoms with van der Waals surface area (Å²) in [7, 11) is 0. The zero-order chi connectivity index (χ0) is 11.4. The van der Waals surface area contributed by atoms with Crippen LogP contribution in [0.2, 0.25) is 0 Å². The first kappa shape index (κ1) is 11.3. The molecule has 0 spiro atoms. The lowest BCUT2D eigenvalue weighted by Crippen LogP contribution is -2.02. The summed E-state index contributed by atoms with van der Waals surface area (Å²) >= 11 is 0. The molecule has 1 rings (SSSR count). The van der Waals surface area contributed by atoms with Crippen LogP contribution in [0.1, 0.15) is 22.8 Å². The fraction of sp³-hybridized carbons (Fsp3) is 0.250. The van der Waals surface area contributed by atoms with Gasteiger partial charge < -0.3 is 9.84 Å². The van der Waals surface area contributed by atoms with Gasteiger partial charge in [-0.15, -0.1) is 0 Å². The van der Waals surface area contributed by atoms with Gasteiger partial charge in [-0.25, -0.2) is 4.79 Å². The molecule has 0 saturated carbocycles. The van der Waals surface area contributed by atoms with Gasteiger partial charge in [-0.3, -0.25) is 0 Å². The van der Waals surface area contributed by atoms with E-state index >= 15 is 0 Å². The van der Waals surface area contributed by atoms with Crippen molar-refractivity contribution in [3.05, 3.63) is 41.5 Å². The lowest BCUT2D eigenvalue weighted by atomic mass is 10.1. The van der Waals surface area contributed by atoms with E-state index < -0.39 is 5.97 Å². The third-order valence-electron chi connectivity index (χ3n) is 1.91. The average molecular weight is 206 g/mol. The summed E-state index contributed by atoms with van der Waals surface area (Å²) in [5.41, 5.74) is 2.05. The van der Waals surface area contributed by atoms with Crippen molar-refractivity contribution in [1.29, 1.82) is 0 Å². The molecule has 0 bridgehead atoms. The van der Waals surface area contributed by atoms with E-state index in [-0.39, 0.29) is 5.56 Å². The Labute approximate surface area is 89.0 Å². The van der Waals surface area contributed by atoms with E-state index in [1.165, 1.54) is 6.07 Å². The molecule has 0 aliphatic rings. The van der Waals surface area contributed by atoms with Crippen molar-refractivity contribution in [1.82, 2.24) is 0 Å². The minimum absolute atomic E-state index is 0.234. The van der Waals surface area contributed by atoms with Crippen LogP contribution in [0, 0.1) is 6.92 Å². The first-order valence-electron chi connectivity index (χ1n) is 4.62. The minimum Gasteiger partial charge on any atom is -0.489 e. The molecule has 3 nitrogen and oxygen atoms in total. The average Bonchev–Trinajstić information content (AvgIpc) is 2.16. The molecule has 0 aromatic heterocycles.